The fraction of sp³-hybridized carbons (Fsp3) is 0.353. The van der Waals surface area contributed by atoms with Crippen molar-refractivity contribution < 1.29 is 19.4 Å². The molecule has 0 aliphatic carbocycles. The lowest BCUT2D eigenvalue weighted by molar-refractivity contribution is -0.120. The quantitative estimate of drug-likeness (QED) is 0.766. The number of aromatic carboxylic acids is 1. The fourth-order valence-corrected chi connectivity index (χ4v) is 2.95. The molecule has 2 rings (SSSR count). The van der Waals surface area contributed by atoms with E-state index in [4.69, 9.17) is 9.84 Å². The van der Waals surface area contributed by atoms with E-state index in [9.17, 15) is 9.59 Å². The molecule has 128 valence electrons. The summed E-state index contributed by atoms with van der Waals surface area (Å²) in [5.74, 6) is -0.388. The fourth-order valence-electron chi connectivity index (χ4n) is 2.05. The van der Waals surface area contributed by atoms with E-state index >= 15 is 0 Å². The largest absolute Gasteiger partial charge is 0.494 e. The molecule has 24 heavy (non-hydrogen) atoms. The number of carboxylic acid groups (broad SMARTS) is 1. The van der Waals surface area contributed by atoms with Crippen molar-refractivity contribution in [3.8, 4) is 5.75 Å². The van der Waals surface area contributed by atoms with Gasteiger partial charge >= 0.3 is 5.97 Å². The van der Waals surface area contributed by atoms with E-state index in [-0.39, 0.29) is 17.2 Å². The summed E-state index contributed by atoms with van der Waals surface area (Å²) in [5, 5.41) is 12.3. The van der Waals surface area contributed by atoms with Crippen LogP contribution in [0.3, 0.4) is 0 Å². The second-order valence-electron chi connectivity index (χ2n) is 5.27. The second-order valence-corrected chi connectivity index (χ2v) is 6.36. The molecule has 2 aromatic rings. The number of aromatic nitrogens is 1. The van der Waals surface area contributed by atoms with E-state index in [1.807, 2.05) is 31.2 Å². The van der Waals surface area contributed by atoms with Crippen LogP contribution in [0.5, 0.6) is 5.75 Å². The van der Waals surface area contributed by atoms with Gasteiger partial charge in [-0.1, -0.05) is 19.1 Å². The minimum atomic E-state index is -1.01. The molecule has 0 saturated carbocycles. The highest BCUT2D eigenvalue weighted by molar-refractivity contribution is 7.13. The van der Waals surface area contributed by atoms with Crippen molar-refractivity contribution in [2.45, 2.75) is 33.2 Å². The molecular formula is C17H20N2O4S. The van der Waals surface area contributed by atoms with Gasteiger partial charge in [0.05, 0.1) is 18.7 Å². The number of carbonyl (C=O) groups is 2. The van der Waals surface area contributed by atoms with Gasteiger partial charge in [-0.05, 0) is 31.0 Å². The van der Waals surface area contributed by atoms with Crippen molar-refractivity contribution in [3.05, 3.63) is 45.4 Å². The zero-order chi connectivity index (χ0) is 17.5. The number of hydrogen-bond acceptors (Lipinski definition) is 5. The molecule has 7 heteroatoms. The predicted molar refractivity (Wildman–Crippen MR) is 91.6 cm³/mol. The van der Waals surface area contributed by atoms with Gasteiger partial charge in [0, 0.05) is 6.54 Å². The van der Waals surface area contributed by atoms with Crippen molar-refractivity contribution in [1.82, 2.24) is 10.3 Å². The Morgan fingerprint density at radius 2 is 2.00 bits per heavy atom. The van der Waals surface area contributed by atoms with Gasteiger partial charge in [0.2, 0.25) is 5.91 Å². The number of rotatable bonds is 8. The van der Waals surface area contributed by atoms with Gasteiger partial charge in [-0.2, -0.15) is 0 Å². The molecule has 1 heterocycles. The Morgan fingerprint density at radius 3 is 2.58 bits per heavy atom. The molecule has 2 N–H and O–H groups in total. The maximum Gasteiger partial charge on any atom is 0.347 e. The predicted octanol–water partition coefficient (Wildman–Crippen LogP) is 2.80. The number of ether oxygens (including phenoxy) is 1. The zero-order valence-corrected chi connectivity index (χ0v) is 14.5. The Labute approximate surface area is 144 Å². The maximum absolute atomic E-state index is 12.0. The second kappa shape index (κ2) is 8.44. The number of nitrogens with zero attached hydrogens (tertiary/aromatic N) is 1. The molecular weight excluding hydrogens is 328 g/mol. The van der Waals surface area contributed by atoms with Crippen LogP contribution in [0.25, 0.3) is 0 Å². The number of hydrogen-bond donors (Lipinski definition) is 2. The summed E-state index contributed by atoms with van der Waals surface area (Å²) in [7, 11) is 0. The third kappa shape index (κ3) is 5.06. The molecule has 0 atom stereocenters. The van der Waals surface area contributed by atoms with E-state index in [0.29, 0.717) is 23.9 Å². The lowest BCUT2D eigenvalue weighted by Gasteiger charge is -2.07. The molecule has 1 aromatic heterocycles. The number of aryl methyl sites for hydroxylation is 1. The number of amides is 1. The van der Waals surface area contributed by atoms with Crippen molar-refractivity contribution in [2.24, 2.45) is 0 Å². The lowest BCUT2D eigenvalue weighted by atomic mass is 10.2. The number of thiazole rings is 1. The van der Waals surface area contributed by atoms with Crippen LogP contribution >= 0.6 is 11.3 Å². The SMILES string of the molecule is CCCOc1ccc(CNC(=O)Cc2nc(C)c(C(=O)O)s2)cc1. The van der Waals surface area contributed by atoms with Crippen molar-refractivity contribution in [3.63, 3.8) is 0 Å². The molecule has 0 bridgehead atoms. The third-order valence-corrected chi connectivity index (χ3v) is 4.38. The van der Waals surface area contributed by atoms with E-state index in [0.717, 1.165) is 29.1 Å². The molecule has 0 aliphatic rings. The number of carbonyl (C=O) groups excluding carboxylic acids is 1. The molecule has 0 saturated heterocycles. The van der Waals surface area contributed by atoms with Crippen molar-refractivity contribution >= 4 is 23.2 Å². The van der Waals surface area contributed by atoms with Gasteiger partial charge in [0.15, 0.2) is 0 Å². The first-order valence-corrected chi connectivity index (χ1v) is 8.49. The minimum absolute atomic E-state index is 0.0798. The standard InChI is InChI=1S/C17H20N2O4S/c1-3-8-23-13-6-4-12(5-7-13)10-18-14(20)9-15-19-11(2)16(24-15)17(21)22/h4-7H,3,8-10H2,1-2H3,(H,18,20)(H,21,22). The molecule has 0 fully saturated rings. The van der Waals surface area contributed by atoms with Gasteiger partial charge < -0.3 is 15.2 Å². The van der Waals surface area contributed by atoms with Crippen LogP contribution in [-0.4, -0.2) is 28.6 Å². The Balaban J connectivity index is 1.84. The maximum atomic E-state index is 12.0. The van der Waals surface area contributed by atoms with E-state index < -0.39 is 5.97 Å². The van der Waals surface area contributed by atoms with Gasteiger partial charge in [-0.25, -0.2) is 9.78 Å². The normalized spacial score (nSPS) is 10.4. The smallest absolute Gasteiger partial charge is 0.347 e. The van der Waals surface area contributed by atoms with Crippen LogP contribution in [0.4, 0.5) is 0 Å². The number of carboxylic acids is 1. The average Bonchev–Trinajstić information content (AvgIpc) is 2.92. The zero-order valence-electron chi connectivity index (χ0n) is 13.7. The van der Waals surface area contributed by atoms with E-state index in [1.54, 1.807) is 6.92 Å². The molecule has 0 spiro atoms. The highest BCUT2D eigenvalue weighted by Gasteiger charge is 2.15. The van der Waals surface area contributed by atoms with Crippen LogP contribution in [0, 0.1) is 6.92 Å². The van der Waals surface area contributed by atoms with Crippen LogP contribution in [0.2, 0.25) is 0 Å². The summed E-state index contributed by atoms with van der Waals surface area (Å²) in [6.07, 6.45) is 1.04. The van der Waals surface area contributed by atoms with Crippen LogP contribution < -0.4 is 10.1 Å². The Kier molecular flexibility index (Phi) is 6.31. The molecule has 1 aromatic carbocycles. The molecule has 0 radical (unpaired) electrons. The monoisotopic (exact) mass is 348 g/mol. The van der Waals surface area contributed by atoms with Crippen molar-refractivity contribution in [1.29, 1.82) is 0 Å². The van der Waals surface area contributed by atoms with Crippen LogP contribution in [0.15, 0.2) is 24.3 Å². The summed E-state index contributed by atoms with van der Waals surface area (Å²) < 4.78 is 5.51. The minimum Gasteiger partial charge on any atom is -0.494 e. The van der Waals surface area contributed by atoms with Crippen LogP contribution in [-0.2, 0) is 17.8 Å². The highest BCUT2D eigenvalue weighted by atomic mass is 32.1. The first kappa shape index (κ1) is 17.9. The van der Waals surface area contributed by atoms with Crippen molar-refractivity contribution in [2.75, 3.05) is 6.61 Å². The van der Waals surface area contributed by atoms with E-state index in [1.165, 1.54) is 0 Å². The van der Waals surface area contributed by atoms with Gasteiger partial charge in [-0.3, -0.25) is 4.79 Å². The van der Waals surface area contributed by atoms with E-state index in [2.05, 4.69) is 10.3 Å². The Morgan fingerprint density at radius 1 is 1.29 bits per heavy atom. The number of nitrogens with one attached hydrogen (secondary N) is 1. The summed E-state index contributed by atoms with van der Waals surface area (Å²) in [6, 6.07) is 7.56. The Bertz CT molecular complexity index is 710. The summed E-state index contributed by atoms with van der Waals surface area (Å²) in [6.45, 7) is 4.77. The third-order valence-electron chi connectivity index (χ3n) is 3.23. The topological polar surface area (TPSA) is 88.5 Å². The molecule has 1 amide bonds. The molecule has 0 aliphatic heterocycles. The Hall–Kier alpha value is -2.41. The van der Waals surface area contributed by atoms with Gasteiger partial charge in [0.25, 0.3) is 0 Å². The summed E-state index contributed by atoms with van der Waals surface area (Å²) in [4.78, 5) is 27.3. The average molecular weight is 348 g/mol. The first-order chi connectivity index (χ1) is 11.5. The van der Waals surface area contributed by atoms with Crippen LogP contribution in [0.1, 0.15) is 39.3 Å². The summed E-state index contributed by atoms with van der Waals surface area (Å²) >= 11 is 1.04. The van der Waals surface area contributed by atoms with Gasteiger partial charge in [0.1, 0.15) is 15.6 Å². The first-order valence-electron chi connectivity index (χ1n) is 7.67. The lowest BCUT2D eigenvalue weighted by Crippen LogP contribution is -2.24. The number of benzene rings is 1. The highest BCUT2D eigenvalue weighted by Crippen LogP contribution is 2.18. The molecule has 6 nitrogen and oxygen atoms in total. The molecule has 0 unspecified atom stereocenters. The summed E-state index contributed by atoms with van der Waals surface area (Å²) in [5.41, 5.74) is 1.41. The van der Waals surface area contributed by atoms with Gasteiger partial charge in [-0.15, -0.1) is 11.3 Å².